The molecule has 0 radical (unpaired) electrons. The third-order valence-electron chi connectivity index (χ3n) is 4.10. The molecule has 0 saturated carbocycles. The number of carbonyl (C=O) groups is 1. The number of aryl methyl sites for hydroxylation is 1. The fraction of sp³-hybridized carbons (Fsp3) is 0.333. The minimum atomic E-state index is -0.241. The minimum absolute atomic E-state index is 0.0253. The predicted octanol–water partition coefficient (Wildman–Crippen LogP) is 3.13. The normalized spacial score (nSPS) is 18.1. The van der Waals surface area contributed by atoms with E-state index in [-0.39, 0.29) is 17.8 Å². The van der Waals surface area contributed by atoms with Gasteiger partial charge in [0.05, 0.1) is 6.04 Å². The lowest BCUT2D eigenvalue weighted by Gasteiger charge is -2.23. The summed E-state index contributed by atoms with van der Waals surface area (Å²) in [5.41, 5.74) is 1.89. The number of nitrogens with one attached hydrogen (secondary N) is 1. The molecule has 1 N–H and O–H groups in total. The van der Waals surface area contributed by atoms with E-state index in [0.717, 1.165) is 30.6 Å². The lowest BCUT2D eigenvalue weighted by atomic mass is 10.1. The molecule has 1 atom stereocenters. The number of amides is 1. The summed E-state index contributed by atoms with van der Waals surface area (Å²) in [7, 11) is 0. The number of pyridine rings is 1. The van der Waals surface area contributed by atoms with Crippen LogP contribution in [0.1, 0.15) is 24.1 Å². The van der Waals surface area contributed by atoms with E-state index >= 15 is 0 Å². The van der Waals surface area contributed by atoms with Gasteiger partial charge in [-0.05, 0) is 56.1 Å². The highest BCUT2D eigenvalue weighted by molar-refractivity contribution is 5.94. The standard InChI is InChI=1S/C18H20FN3O/c1-13-4-2-6-17(20-13)21-18(23)16-5-3-11-22(16)12-14-7-9-15(19)10-8-14/h2,4,6-10,16H,3,5,11-12H2,1H3,(H,20,21,23)/t16-/m0/s1. The van der Waals surface area contributed by atoms with Crippen LogP contribution in [0.25, 0.3) is 0 Å². The molecule has 1 saturated heterocycles. The molecule has 1 aliphatic rings. The minimum Gasteiger partial charge on any atom is -0.309 e. The summed E-state index contributed by atoms with van der Waals surface area (Å²) in [4.78, 5) is 19.0. The Balaban J connectivity index is 1.66. The highest BCUT2D eigenvalue weighted by Gasteiger charge is 2.30. The van der Waals surface area contributed by atoms with Gasteiger partial charge in [0.25, 0.3) is 0 Å². The van der Waals surface area contributed by atoms with E-state index in [2.05, 4.69) is 15.2 Å². The third-order valence-corrected chi connectivity index (χ3v) is 4.10. The summed E-state index contributed by atoms with van der Waals surface area (Å²) in [6, 6.07) is 11.9. The van der Waals surface area contributed by atoms with Gasteiger partial charge in [-0.25, -0.2) is 9.37 Å². The first-order valence-electron chi connectivity index (χ1n) is 7.85. The number of likely N-dealkylation sites (tertiary alicyclic amines) is 1. The molecule has 0 bridgehead atoms. The first-order valence-corrected chi connectivity index (χ1v) is 7.85. The SMILES string of the molecule is Cc1cccc(NC(=O)[C@@H]2CCCN2Cc2ccc(F)cc2)n1. The molecule has 5 heteroatoms. The van der Waals surface area contributed by atoms with E-state index in [1.54, 1.807) is 18.2 Å². The van der Waals surface area contributed by atoms with Crippen LogP contribution < -0.4 is 5.32 Å². The van der Waals surface area contributed by atoms with Crippen molar-refractivity contribution >= 4 is 11.7 Å². The molecule has 2 heterocycles. The van der Waals surface area contributed by atoms with Crippen molar-refractivity contribution in [1.82, 2.24) is 9.88 Å². The summed E-state index contributed by atoms with van der Waals surface area (Å²) in [5, 5.41) is 2.90. The van der Waals surface area contributed by atoms with Gasteiger partial charge in [0.2, 0.25) is 5.91 Å². The monoisotopic (exact) mass is 313 g/mol. The van der Waals surface area contributed by atoms with Crippen molar-refractivity contribution in [3.05, 3.63) is 59.5 Å². The molecule has 1 aromatic carbocycles. The van der Waals surface area contributed by atoms with E-state index in [1.165, 1.54) is 12.1 Å². The molecular formula is C18H20FN3O. The number of benzene rings is 1. The van der Waals surface area contributed by atoms with Crippen LogP contribution in [-0.2, 0) is 11.3 Å². The summed E-state index contributed by atoms with van der Waals surface area (Å²) >= 11 is 0. The molecular weight excluding hydrogens is 293 g/mol. The van der Waals surface area contributed by atoms with E-state index in [0.29, 0.717) is 12.4 Å². The van der Waals surface area contributed by atoms with Gasteiger partial charge in [-0.2, -0.15) is 0 Å². The molecule has 1 fully saturated rings. The quantitative estimate of drug-likeness (QED) is 0.943. The van der Waals surface area contributed by atoms with Crippen molar-refractivity contribution in [3.8, 4) is 0 Å². The summed E-state index contributed by atoms with van der Waals surface area (Å²) < 4.78 is 13.0. The van der Waals surface area contributed by atoms with Crippen LogP contribution in [0.5, 0.6) is 0 Å². The maximum atomic E-state index is 13.0. The van der Waals surface area contributed by atoms with E-state index in [4.69, 9.17) is 0 Å². The molecule has 0 spiro atoms. The first-order chi connectivity index (χ1) is 11.1. The smallest absolute Gasteiger partial charge is 0.242 e. The number of hydrogen-bond acceptors (Lipinski definition) is 3. The van der Waals surface area contributed by atoms with Gasteiger partial charge in [-0.15, -0.1) is 0 Å². The molecule has 1 aliphatic heterocycles. The molecule has 0 aliphatic carbocycles. The Morgan fingerprint density at radius 1 is 1.30 bits per heavy atom. The zero-order valence-corrected chi connectivity index (χ0v) is 13.1. The van der Waals surface area contributed by atoms with Crippen molar-refractivity contribution in [1.29, 1.82) is 0 Å². The zero-order valence-electron chi connectivity index (χ0n) is 13.1. The summed E-state index contributed by atoms with van der Waals surface area (Å²) in [6.07, 6.45) is 1.82. The second kappa shape index (κ2) is 6.87. The first kappa shape index (κ1) is 15.6. The molecule has 2 aromatic rings. The summed E-state index contributed by atoms with van der Waals surface area (Å²) in [5.74, 6) is 0.321. The van der Waals surface area contributed by atoms with Crippen LogP contribution >= 0.6 is 0 Å². The molecule has 1 aromatic heterocycles. The van der Waals surface area contributed by atoms with Crippen molar-refractivity contribution in [2.24, 2.45) is 0 Å². The second-order valence-corrected chi connectivity index (χ2v) is 5.91. The van der Waals surface area contributed by atoms with Gasteiger partial charge in [0, 0.05) is 12.2 Å². The van der Waals surface area contributed by atoms with E-state index in [9.17, 15) is 9.18 Å². The Morgan fingerprint density at radius 3 is 2.83 bits per heavy atom. The van der Waals surface area contributed by atoms with Gasteiger partial charge < -0.3 is 5.32 Å². The van der Waals surface area contributed by atoms with Crippen molar-refractivity contribution in [2.45, 2.75) is 32.4 Å². The second-order valence-electron chi connectivity index (χ2n) is 5.91. The molecule has 3 rings (SSSR count). The van der Waals surface area contributed by atoms with Crippen molar-refractivity contribution in [3.63, 3.8) is 0 Å². The number of halogens is 1. The maximum Gasteiger partial charge on any atom is 0.242 e. The van der Waals surface area contributed by atoms with Crippen LogP contribution in [0, 0.1) is 12.7 Å². The average Bonchev–Trinajstić information content (AvgIpc) is 2.98. The number of anilines is 1. The van der Waals surface area contributed by atoms with Gasteiger partial charge in [-0.3, -0.25) is 9.69 Å². The van der Waals surface area contributed by atoms with Crippen LogP contribution in [0.15, 0.2) is 42.5 Å². The van der Waals surface area contributed by atoms with Crippen molar-refractivity contribution in [2.75, 3.05) is 11.9 Å². The van der Waals surface area contributed by atoms with Crippen LogP contribution in [0.4, 0.5) is 10.2 Å². The molecule has 1 amide bonds. The Bertz CT molecular complexity index is 687. The van der Waals surface area contributed by atoms with Crippen LogP contribution in [0.3, 0.4) is 0 Å². The number of carbonyl (C=O) groups excluding carboxylic acids is 1. The zero-order chi connectivity index (χ0) is 16.2. The Hall–Kier alpha value is -2.27. The number of hydrogen-bond donors (Lipinski definition) is 1. The molecule has 120 valence electrons. The third kappa shape index (κ3) is 3.93. The molecule has 4 nitrogen and oxygen atoms in total. The van der Waals surface area contributed by atoms with Gasteiger partial charge in [0.15, 0.2) is 0 Å². The van der Waals surface area contributed by atoms with Crippen molar-refractivity contribution < 1.29 is 9.18 Å². The highest BCUT2D eigenvalue weighted by Crippen LogP contribution is 2.21. The summed E-state index contributed by atoms with van der Waals surface area (Å²) in [6.45, 7) is 3.42. The fourth-order valence-corrected chi connectivity index (χ4v) is 2.96. The lowest BCUT2D eigenvalue weighted by molar-refractivity contribution is -0.120. The fourth-order valence-electron chi connectivity index (χ4n) is 2.96. The largest absolute Gasteiger partial charge is 0.309 e. The number of rotatable bonds is 4. The Labute approximate surface area is 135 Å². The number of nitrogens with zero attached hydrogens (tertiary/aromatic N) is 2. The molecule has 0 unspecified atom stereocenters. The number of aromatic nitrogens is 1. The van der Waals surface area contributed by atoms with E-state index in [1.807, 2.05) is 19.1 Å². The predicted molar refractivity (Wildman–Crippen MR) is 87.4 cm³/mol. The maximum absolute atomic E-state index is 13.0. The van der Waals surface area contributed by atoms with Gasteiger partial charge in [-0.1, -0.05) is 18.2 Å². The van der Waals surface area contributed by atoms with E-state index < -0.39 is 0 Å². The van der Waals surface area contributed by atoms with Gasteiger partial charge in [0.1, 0.15) is 11.6 Å². The van der Waals surface area contributed by atoms with Crippen LogP contribution in [0.2, 0.25) is 0 Å². The Morgan fingerprint density at radius 2 is 2.09 bits per heavy atom. The lowest BCUT2D eigenvalue weighted by Crippen LogP contribution is -2.39. The topological polar surface area (TPSA) is 45.2 Å². The Kier molecular flexibility index (Phi) is 4.67. The average molecular weight is 313 g/mol. The molecule has 23 heavy (non-hydrogen) atoms. The van der Waals surface area contributed by atoms with Gasteiger partial charge >= 0.3 is 0 Å². The van der Waals surface area contributed by atoms with Crippen LogP contribution in [-0.4, -0.2) is 28.4 Å². The highest BCUT2D eigenvalue weighted by atomic mass is 19.1.